The van der Waals surface area contributed by atoms with Crippen LogP contribution >= 0.6 is 11.8 Å². The van der Waals surface area contributed by atoms with Crippen LogP contribution in [0.5, 0.6) is 0 Å². The van der Waals surface area contributed by atoms with E-state index in [9.17, 15) is 9.59 Å². The number of carbonyl (C=O) groups excluding carboxylic acids is 2. The minimum absolute atomic E-state index is 0.0764. The van der Waals surface area contributed by atoms with Crippen LogP contribution in [0.25, 0.3) is 0 Å². The first kappa shape index (κ1) is 25.2. The van der Waals surface area contributed by atoms with E-state index in [0.29, 0.717) is 19.6 Å². The standard InChI is InChI=1S/C27H35NO4SSi/c1-26(2,3)34(4,5)31-19-21-16-24(33-22-14-10-7-11-15-22)27(32-21)23(29)18-28(25(27)30)17-20-12-8-6-9-13-20/h6-15,21,24H,16-19H2,1-5H3/t21-,24+,27+/m1/s1. The molecule has 2 aliphatic heterocycles. The Morgan fingerprint density at radius 3 is 2.29 bits per heavy atom. The normalized spacial score (nSPS) is 25.5. The van der Waals surface area contributed by atoms with E-state index in [1.165, 1.54) is 0 Å². The number of hydrogen-bond donors (Lipinski definition) is 0. The zero-order chi connectivity index (χ0) is 24.6. The smallest absolute Gasteiger partial charge is 0.264 e. The van der Waals surface area contributed by atoms with Gasteiger partial charge in [0.15, 0.2) is 14.1 Å². The van der Waals surface area contributed by atoms with E-state index in [2.05, 4.69) is 33.9 Å². The maximum absolute atomic E-state index is 13.8. The Bertz CT molecular complexity index is 1020. The molecule has 2 heterocycles. The summed E-state index contributed by atoms with van der Waals surface area (Å²) < 4.78 is 12.9. The largest absolute Gasteiger partial charge is 0.414 e. The molecular weight excluding hydrogens is 462 g/mol. The number of amides is 1. The Hall–Kier alpha value is -1.93. The van der Waals surface area contributed by atoms with Gasteiger partial charge in [-0.05, 0) is 42.2 Å². The van der Waals surface area contributed by atoms with Crippen molar-refractivity contribution in [3.8, 4) is 0 Å². The first-order valence-electron chi connectivity index (χ1n) is 11.9. The molecule has 34 heavy (non-hydrogen) atoms. The average molecular weight is 498 g/mol. The molecule has 2 aromatic carbocycles. The lowest BCUT2D eigenvalue weighted by atomic mass is 9.96. The summed E-state index contributed by atoms with van der Waals surface area (Å²) in [6.45, 7) is 11.9. The highest BCUT2D eigenvalue weighted by Crippen LogP contribution is 2.47. The molecule has 0 aromatic heterocycles. The van der Waals surface area contributed by atoms with Gasteiger partial charge in [-0.2, -0.15) is 0 Å². The van der Waals surface area contributed by atoms with Gasteiger partial charge in [0, 0.05) is 11.4 Å². The summed E-state index contributed by atoms with van der Waals surface area (Å²) in [5, 5.41) is -0.212. The van der Waals surface area contributed by atoms with Crippen molar-refractivity contribution in [2.24, 2.45) is 0 Å². The van der Waals surface area contributed by atoms with E-state index in [0.717, 1.165) is 10.5 Å². The van der Waals surface area contributed by atoms with Crippen molar-refractivity contribution in [3.05, 3.63) is 66.2 Å². The van der Waals surface area contributed by atoms with Gasteiger partial charge in [0.05, 0.1) is 24.5 Å². The molecule has 7 heteroatoms. The van der Waals surface area contributed by atoms with Gasteiger partial charge in [-0.15, -0.1) is 11.8 Å². The molecule has 2 aromatic rings. The molecule has 2 aliphatic rings. The molecule has 0 bridgehead atoms. The van der Waals surface area contributed by atoms with Gasteiger partial charge >= 0.3 is 0 Å². The molecule has 4 rings (SSSR count). The third-order valence-electron chi connectivity index (χ3n) is 7.31. The molecule has 3 atom stereocenters. The summed E-state index contributed by atoms with van der Waals surface area (Å²) in [5.41, 5.74) is -0.444. The molecule has 0 saturated carbocycles. The summed E-state index contributed by atoms with van der Waals surface area (Å²) in [6.07, 6.45) is 0.310. The van der Waals surface area contributed by atoms with Crippen LogP contribution in [-0.2, 0) is 25.3 Å². The van der Waals surface area contributed by atoms with Crippen LogP contribution in [0.15, 0.2) is 65.6 Å². The van der Waals surface area contributed by atoms with E-state index in [1.54, 1.807) is 16.7 Å². The molecule has 5 nitrogen and oxygen atoms in total. The number of thioether (sulfide) groups is 1. The molecule has 0 N–H and O–H groups in total. The van der Waals surface area contributed by atoms with E-state index >= 15 is 0 Å². The second kappa shape index (κ2) is 9.61. The predicted octanol–water partition coefficient (Wildman–Crippen LogP) is 5.31. The van der Waals surface area contributed by atoms with Gasteiger partial charge in [-0.25, -0.2) is 0 Å². The van der Waals surface area contributed by atoms with Crippen LogP contribution in [0.3, 0.4) is 0 Å². The molecule has 0 aliphatic carbocycles. The highest BCUT2D eigenvalue weighted by molar-refractivity contribution is 8.00. The zero-order valence-corrected chi connectivity index (χ0v) is 22.6. The van der Waals surface area contributed by atoms with Gasteiger partial charge in [-0.3, -0.25) is 9.59 Å². The zero-order valence-electron chi connectivity index (χ0n) is 20.7. The van der Waals surface area contributed by atoms with Gasteiger partial charge < -0.3 is 14.1 Å². The lowest BCUT2D eigenvalue weighted by Crippen LogP contribution is -2.50. The first-order valence-corrected chi connectivity index (χ1v) is 15.7. The molecule has 1 amide bonds. The number of nitrogens with zero attached hydrogens (tertiary/aromatic N) is 1. The van der Waals surface area contributed by atoms with E-state index in [4.69, 9.17) is 9.16 Å². The van der Waals surface area contributed by atoms with Gasteiger partial charge in [0.1, 0.15) is 0 Å². The lowest BCUT2D eigenvalue weighted by Gasteiger charge is -2.37. The fraction of sp³-hybridized carbons (Fsp3) is 0.481. The summed E-state index contributed by atoms with van der Waals surface area (Å²) in [6, 6.07) is 19.7. The average Bonchev–Trinajstić information content (AvgIpc) is 3.27. The number of carbonyl (C=O) groups is 2. The Morgan fingerprint density at radius 2 is 1.68 bits per heavy atom. The SMILES string of the molecule is CC(C)(C)[Si](C)(C)OC[C@H]1C[C@H](Sc2ccccc2)[C@@]2(O1)C(=O)CN(Cc1ccccc1)C2=O. The van der Waals surface area contributed by atoms with Crippen molar-refractivity contribution in [3.63, 3.8) is 0 Å². The van der Waals surface area contributed by atoms with E-state index in [-0.39, 0.29) is 34.6 Å². The number of hydrogen-bond acceptors (Lipinski definition) is 5. The Morgan fingerprint density at radius 1 is 1.06 bits per heavy atom. The third-order valence-corrected chi connectivity index (χ3v) is 13.2. The minimum atomic E-state index is -1.99. The van der Waals surface area contributed by atoms with Crippen LogP contribution in [0.2, 0.25) is 18.1 Å². The van der Waals surface area contributed by atoms with Crippen LogP contribution in [-0.4, -0.2) is 55.0 Å². The Kier molecular flexibility index (Phi) is 7.11. The quantitative estimate of drug-likeness (QED) is 0.383. The topological polar surface area (TPSA) is 55.8 Å². The van der Waals surface area contributed by atoms with Gasteiger partial charge in [0.25, 0.3) is 5.91 Å². The highest BCUT2D eigenvalue weighted by atomic mass is 32.2. The minimum Gasteiger partial charge on any atom is -0.414 e. The van der Waals surface area contributed by atoms with Crippen molar-refractivity contribution >= 4 is 31.8 Å². The fourth-order valence-corrected chi connectivity index (χ4v) is 6.73. The Balaban J connectivity index is 1.58. The number of ether oxygens (including phenoxy) is 1. The number of Topliss-reactive ketones (excluding diaryl/α,β-unsaturated/α-hetero) is 1. The van der Waals surface area contributed by atoms with E-state index < -0.39 is 13.9 Å². The molecule has 0 unspecified atom stereocenters. The third kappa shape index (κ3) is 4.89. The van der Waals surface area contributed by atoms with Crippen molar-refractivity contribution < 1.29 is 18.8 Å². The van der Waals surface area contributed by atoms with Crippen molar-refractivity contribution in [1.29, 1.82) is 0 Å². The van der Waals surface area contributed by atoms with Crippen molar-refractivity contribution in [1.82, 2.24) is 4.90 Å². The number of rotatable bonds is 7. The maximum Gasteiger partial charge on any atom is 0.264 e. The second-order valence-electron chi connectivity index (χ2n) is 10.8. The summed E-state index contributed by atoms with van der Waals surface area (Å²) in [5.74, 6) is -0.360. The van der Waals surface area contributed by atoms with Crippen molar-refractivity contribution in [2.45, 2.75) is 73.7 Å². The summed E-state index contributed by atoms with van der Waals surface area (Å²) in [7, 11) is -1.99. The van der Waals surface area contributed by atoms with Crippen LogP contribution in [0, 0.1) is 0 Å². The molecule has 0 radical (unpaired) electrons. The van der Waals surface area contributed by atoms with Crippen LogP contribution < -0.4 is 0 Å². The second-order valence-corrected chi connectivity index (χ2v) is 16.9. The molecular formula is C27H35NO4SSi. The number of benzene rings is 2. The molecule has 2 saturated heterocycles. The number of likely N-dealkylation sites (tertiary alicyclic amines) is 1. The summed E-state index contributed by atoms with van der Waals surface area (Å²) >= 11 is 1.57. The van der Waals surface area contributed by atoms with E-state index in [1.807, 2.05) is 60.7 Å². The summed E-state index contributed by atoms with van der Waals surface area (Å²) in [4.78, 5) is 29.9. The molecule has 182 valence electrons. The van der Waals surface area contributed by atoms with Gasteiger partial charge in [-0.1, -0.05) is 69.3 Å². The first-order chi connectivity index (χ1) is 16.0. The van der Waals surface area contributed by atoms with Gasteiger partial charge in [0.2, 0.25) is 5.60 Å². The monoisotopic (exact) mass is 497 g/mol. The van der Waals surface area contributed by atoms with Crippen molar-refractivity contribution in [2.75, 3.05) is 13.2 Å². The number of ketones is 1. The molecule has 2 fully saturated rings. The lowest BCUT2D eigenvalue weighted by molar-refractivity contribution is -0.154. The molecule has 1 spiro atoms. The maximum atomic E-state index is 13.8. The fourth-order valence-electron chi connectivity index (χ4n) is 4.29. The van der Waals surface area contributed by atoms with Crippen LogP contribution in [0.4, 0.5) is 0 Å². The highest BCUT2D eigenvalue weighted by Gasteiger charge is 2.64. The predicted molar refractivity (Wildman–Crippen MR) is 138 cm³/mol. The Labute approximate surface area is 208 Å². The van der Waals surface area contributed by atoms with Crippen LogP contribution in [0.1, 0.15) is 32.8 Å².